The van der Waals surface area contributed by atoms with E-state index in [1.54, 1.807) is 0 Å². The van der Waals surface area contributed by atoms with Gasteiger partial charge in [-0.05, 0) is 24.6 Å². The minimum absolute atomic E-state index is 0.000893. The summed E-state index contributed by atoms with van der Waals surface area (Å²) in [7, 11) is 0. The van der Waals surface area contributed by atoms with Gasteiger partial charge in [-0.3, -0.25) is 4.68 Å². The Labute approximate surface area is 164 Å². The third-order valence-corrected chi connectivity index (χ3v) is 5.23. The predicted molar refractivity (Wildman–Crippen MR) is 97.2 cm³/mol. The normalized spacial score (nSPS) is 20.2. The average Bonchev–Trinajstić information content (AvgIpc) is 3.00. The molecule has 2 aliphatic rings. The molecule has 0 aliphatic carbocycles. The number of nitrogens with one attached hydrogen (secondary N) is 1. The first-order valence-corrected chi connectivity index (χ1v) is 9.16. The lowest BCUT2D eigenvalue weighted by molar-refractivity contribution is -0.0248. The number of benzene rings is 1. The number of aliphatic hydroxyl groups excluding tert-OH is 1. The number of aliphatic hydroxyl groups is 1. The summed E-state index contributed by atoms with van der Waals surface area (Å²) in [4.78, 5) is 17.0. The van der Waals surface area contributed by atoms with Crippen LogP contribution in [0.15, 0.2) is 18.2 Å². The maximum absolute atomic E-state index is 14.7. The quantitative estimate of drug-likeness (QED) is 0.714. The lowest BCUT2D eigenvalue weighted by Crippen LogP contribution is -2.39. The Hall–Kier alpha value is -3.06. The Kier molecular flexibility index (Phi) is 4.70. The number of nitrogens with zero attached hydrogens (tertiary/aromatic N) is 4. The number of fused-ring (bicyclic) bond motifs is 3. The summed E-state index contributed by atoms with van der Waals surface area (Å²) in [6, 6.07) is 3.10. The van der Waals surface area contributed by atoms with Crippen LogP contribution in [0.1, 0.15) is 29.8 Å². The molecule has 2 N–H and O–H groups in total. The van der Waals surface area contributed by atoms with Gasteiger partial charge in [0.1, 0.15) is 11.5 Å². The second kappa shape index (κ2) is 7.08. The molecule has 0 saturated heterocycles. The number of urea groups is 1. The smallest absolute Gasteiger partial charge is 0.322 e. The molecule has 4 rings (SSSR count). The van der Waals surface area contributed by atoms with Gasteiger partial charge in [-0.2, -0.15) is 13.9 Å². The van der Waals surface area contributed by atoms with Crippen molar-refractivity contribution in [3.8, 4) is 0 Å². The van der Waals surface area contributed by atoms with E-state index in [-0.39, 0.29) is 43.1 Å². The highest BCUT2D eigenvalue weighted by Gasteiger charge is 2.43. The third kappa shape index (κ3) is 3.53. The molecule has 0 spiro atoms. The van der Waals surface area contributed by atoms with Gasteiger partial charge >= 0.3 is 6.03 Å². The number of rotatable bonds is 1. The summed E-state index contributed by atoms with van der Waals surface area (Å²) in [5.74, 6) is -3.83. The molecule has 29 heavy (non-hydrogen) atoms. The fourth-order valence-electron chi connectivity index (χ4n) is 3.78. The molecule has 1 aromatic carbocycles. The van der Waals surface area contributed by atoms with Gasteiger partial charge in [-0.15, -0.1) is 0 Å². The van der Waals surface area contributed by atoms with Crippen molar-refractivity contribution in [3.05, 3.63) is 52.4 Å². The molecule has 152 valence electrons. The van der Waals surface area contributed by atoms with Crippen molar-refractivity contribution in [3.63, 3.8) is 0 Å². The van der Waals surface area contributed by atoms with Gasteiger partial charge in [0.15, 0.2) is 0 Å². The monoisotopic (exact) mass is 405 g/mol. The van der Waals surface area contributed by atoms with Crippen LogP contribution in [0.5, 0.6) is 0 Å². The molecule has 1 aromatic heterocycles. The maximum atomic E-state index is 14.7. The van der Waals surface area contributed by atoms with Crippen LogP contribution in [-0.4, -0.2) is 38.5 Å². The SMILES string of the molecule is [C-]#[N+]c1cc(NC(=O)N2CCc3nn4c(c3C2)C(F)(F)CC[C@@H](O)C4)ccc1F. The van der Waals surface area contributed by atoms with Crippen LogP contribution in [0.2, 0.25) is 0 Å². The Morgan fingerprint density at radius 2 is 2.21 bits per heavy atom. The second-order valence-electron chi connectivity index (χ2n) is 7.23. The largest absolute Gasteiger partial charge is 0.391 e. The molecule has 0 unspecified atom stereocenters. The zero-order valence-corrected chi connectivity index (χ0v) is 15.3. The lowest BCUT2D eigenvalue weighted by atomic mass is 10.00. The molecule has 0 saturated carbocycles. The maximum Gasteiger partial charge on any atom is 0.322 e. The molecule has 2 aromatic rings. The fourth-order valence-corrected chi connectivity index (χ4v) is 3.78. The second-order valence-corrected chi connectivity index (χ2v) is 7.23. The van der Waals surface area contributed by atoms with Crippen LogP contribution in [0.4, 0.5) is 29.3 Å². The molecule has 0 fully saturated rings. The lowest BCUT2D eigenvalue weighted by Gasteiger charge is -2.28. The predicted octanol–water partition coefficient (Wildman–Crippen LogP) is 3.41. The van der Waals surface area contributed by atoms with Crippen molar-refractivity contribution in [2.24, 2.45) is 0 Å². The van der Waals surface area contributed by atoms with Crippen LogP contribution in [0.3, 0.4) is 0 Å². The third-order valence-electron chi connectivity index (χ3n) is 5.23. The zero-order chi connectivity index (χ0) is 20.8. The van der Waals surface area contributed by atoms with Crippen LogP contribution in [0.25, 0.3) is 4.85 Å². The summed E-state index contributed by atoms with van der Waals surface area (Å²) < 4.78 is 44.0. The molecule has 2 amide bonds. The molecular formula is C19H18F3N5O2. The summed E-state index contributed by atoms with van der Waals surface area (Å²) >= 11 is 0. The van der Waals surface area contributed by atoms with E-state index in [1.807, 2.05) is 0 Å². The summed E-state index contributed by atoms with van der Waals surface area (Å²) in [6.45, 7) is 7.18. The Bertz CT molecular complexity index is 1010. The van der Waals surface area contributed by atoms with Gasteiger partial charge in [0.2, 0.25) is 5.69 Å². The molecule has 3 heterocycles. The van der Waals surface area contributed by atoms with E-state index in [0.29, 0.717) is 17.7 Å². The fraction of sp³-hybridized carbons (Fsp3) is 0.421. The van der Waals surface area contributed by atoms with Crippen LogP contribution in [0, 0.1) is 12.4 Å². The summed E-state index contributed by atoms with van der Waals surface area (Å²) in [6.07, 6.45) is -1.08. The average molecular weight is 405 g/mol. The zero-order valence-electron chi connectivity index (χ0n) is 15.3. The number of halogens is 3. The molecule has 7 nitrogen and oxygen atoms in total. The summed E-state index contributed by atoms with van der Waals surface area (Å²) in [5, 5.41) is 16.7. The Balaban J connectivity index is 1.57. The minimum atomic E-state index is -3.14. The molecule has 10 heteroatoms. The summed E-state index contributed by atoms with van der Waals surface area (Å²) in [5.41, 5.74) is 0.611. The van der Waals surface area contributed by atoms with Gasteiger partial charge in [0.05, 0.1) is 31.5 Å². The van der Waals surface area contributed by atoms with Gasteiger partial charge in [0.25, 0.3) is 5.92 Å². The van der Waals surface area contributed by atoms with E-state index in [9.17, 15) is 23.1 Å². The van der Waals surface area contributed by atoms with E-state index in [1.165, 1.54) is 21.7 Å². The number of amides is 2. The first kappa shape index (κ1) is 19.3. The van der Waals surface area contributed by atoms with Crippen molar-refractivity contribution >= 4 is 17.4 Å². The number of hydrogen-bond acceptors (Lipinski definition) is 3. The van der Waals surface area contributed by atoms with Crippen molar-refractivity contribution in [2.45, 2.75) is 44.4 Å². The highest BCUT2D eigenvalue weighted by Crippen LogP contribution is 2.40. The number of hydrogen-bond donors (Lipinski definition) is 2. The van der Waals surface area contributed by atoms with Gasteiger partial charge in [0, 0.05) is 30.6 Å². The first-order chi connectivity index (χ1) is 13.8. The first-order valence-electron chi connectivity index (χ1n) is 9.16. The van der Waals surface area contributed by atoms with Gasteiger partial charge in [-0.1, -0.05) is 0 Å². The van der Waals surface area contributed by atoms with E-state index >= 15 is 0 Å². The molecule has 0 radical (unpaired) electrons. The molecule has 0 bridgehead atoms. The minimum Gasteiger partial charge on any atom is -0.391 e. The van der Waals surface area contributed by atoms with Gasteiger partial charge in [-0.25, -0.2) is 14.0 Å². The number of alkyl halides is 2. The van der Waals surface area contributed by atoms with Crippen molar-refractivity contribution in [2.75, 3.05) is 11.9 Å². The van der Waals surface area contributed by atoms with E-state index in [4.69, 9.17) is 6.57 Å². The molecule has 1 atom stereocenters. The Morgan fingerprint density at radius 3 is 2.97 bits per heavy atom. The topological polar surface area (TPSA) is 74.8 Å². The van der Waals surface area contributed by atoms with Crippen molar-refractivity contribution in [1.82, 2.24) is 14.7 Å². The number of aromatic nitrogens is 2. The molecule has 2 aliphatic heterocycles. The van der Waals surface area contributed by atoms with E-state index in [2.05, 4.69) is 15.3 Å². The molecular weight excluding hydrogens is 387 g/mol. The number of carbonyl (C=O) groups excluding carboxylic acids is 1. The standard InChI is InChI=1S/C19H18F3N5O2/c1-23-16-8-11(2-3-14(16)20)24-18(29)26-7-5-15-13(10-26)17-19(21,22)6-4-12(28)9-27(17)25-15/h2-3,8,12,28H,4-7,9-10H2,(H,24,29)/t12-/m1/s1. The van der Waals surface area contributed by atoms with Crippen molar-refractivity contribution < 1.29 is 23.1 Å². The van der Waals surface area contributed by atoms with Crippen molar-refractivity contribution in [1.29, 1.82) is 0 Å². The van der Waals surface area contributed by atoms with Crippen LogP contribution in [-0.2, 0) is 25.4 Å². The Morgan fingerprint density at radius 1 is 1.41 bits per heavy atom. The van der Waals surface area contributed by atoms with Gasteiger partial charge < -0.3 is 15.3 Å². The van der Waals surface area contributed by atoms with Crippen LogP contribution >= 0.6 is 0 Å². The number of carbonyl (C=O) groups is 1. The van der Waals surface area contributed by atoms with E-state index in [0.717, 1.165) is 6.07 Å². The van der Waals surface area contributed by atoms with Crippen LogP contribution < -0.4 is 5.32 Å². The van der Waals surface area contributed by atoms with E-state index < -0.39 is 30.3 Å². The number of anilines is 1. The highest BCUT2D eigenvalue weighted by atomic mass is 19.3. The highest BCUT2D eigenvalue weighted by molar-refractivity contribution is 5.90.